The largest absolute Gasteiger partial charge is 0.465 e. The predicted octanol–water partition coefficient (Wildman–Crippen LogP) is 2.03. The molecule has 0 amide bonds. The highest BCUT2D eigenvalue weighted by atomic mass is 32.2. The molecule has 20 heavy (non-hydrogen) atoms. The third-order valence-corrected chi connectivity index (χ3v) is 4.54. The number of carbonyl (C=O) groups is 2. The summed E-state index contributed by atoms with van der Waals surface area (Å²) >= 11 is 2.18. The van der Waals surface area contributed by atoms with Gasteiger partial charge < -0.3 is 15.2 Å². The summed E-state index contributed by atoms with van der Waals surface area (Å²) < 4.78 is 10.2. The van der Waals surface area contributed by atoms with Gasteiger partial charge in [0.05, 0.1) is 28.9 Å². The van der Waals surface area contributed by atoms with Gasteiger partial charge in [0, 0.05) is 0 Å². The minimum absolute atomic E-state index is 0.0603. The quantitative estimate of drug-likeness (QED) is 0.633. The number of esters is 2. The first-order valence-electron chi connectivity index (χ1n) is 5.82. The van der Waals surface area contributed by atoms with E-state index < -0.39 is 5.97 Å². The van der Waals surface area contributed by atoms with Crippen molar-refractivity contribution in [2.45, 2.75) is 18.1 Å². The summed E-state index contributed by atoms with van der Waals surface area (Å²) in [5.74, 6) is -0.884. The first-order valence-corrected chi connectivity index (χ1v) is 7.63. The summed E-state index contributed by atoms with van der Waals surface area (Å²) in [5.41, 5.74) is 6.07. The van der Waals surface area contributed by atoms with Crippen molar-refractivity contribution in [3.8, 4) is 6.07 Å². The summed E-state index contributed by atoms with van der Waals surface area (Å²) in [6, 6.07) is 1.94. The van der Waals surface area contributed by atoms with Crippen molar-refractivity contribution in [2.75, 3.05) is 24.7 Å². The Balaban J connectivity index is 2.92. The molecule has 1 heterocycles. The highest BCUT2D eigenvalue weighted by Crippen LogP contribution is 2.38. The number of carbonyl (C=O) groups excluding carboxylic acids is 2. The number of nitriles is 1. The van der Waals surface area contributed by atoms with E-state index in [4.69, 9.17) is 20.5 Å². The number of hydrogen-bond acceptors (Lipinski definition) is 8. The van der Waals surface area contributed by atoms with Gasteiger partial charge in [0.2, 0.25) is 0 Å². The van der Waals surface area contributed by atoms with Crippen molar-refractivity contribution in [1.82, 2.24) is 0 Å². The number of nitrogen functional groups attached to an aromatic ring is 1. The van der Waals surface area contributed by atoms with E-state index in [2.05, 4.69) is 0 Å². The summed E-state index contributed by atoms with van der Waals surface area (Å²) in [5, 5.41) is 9.09. The standard InChI is InChI=1S/C12H14N2O4S2/c1-3-17-8(15)6-19-12-7(5-13)9(14)10(20-12)11(16)18-4-2/h3-4,6,14H2,1-2H3. The average molecular weight is 314 g/mol. The lowest BCUT2D eigenvalue weighted by atomic mass is 10.3. The third kappa shape index (κ3) is 3.88. The lowest BCUT2D eigenvalue weighted by Crippen LogP contribution is -2.06. The molecule has 0 atom stereocenters. The molecular formula is C12H14N2O4S2. The highest BCUT2D eigenvalue weighted by molar-refractivity contribution is 8.01. The van der Waals surface area contributed by atoms with Crippen LogP contribution in [-0.2, 0) is 14.3 Å². The minimum Gasteiger partial charge on any atom is -0.465 e. The van der Waals surface area contributed by atoms with Gasteiger partial charge in [-0.15, -0.1) is 23.1 Å². The van der Waals surface area contributed by atoms with Gasteiger partial charge >= 0.3 is 11.9 Å². The number of thioether (sulfide) groups is 1. The highest BCUT2D eigenvalue weighted by Gasteiger charge is 2.22. The Bertz CT molecular complexity index is 548. The molecule has 0 fully saturated rings. The number of hydrogen-bond donors (Lipinski definition) is 1. The van der Waals surface area contributed by atoms with Gasteiger partial charge in [-0.05, 0) is 13.8 Å². The topological polar surface area (TPSA) is 102 Å². The van der Waals surface area contributed by atoms with E-state index in [1.165, 1.54) is 0 Å². The molecule has 1 rings (SSSR count). The lowest BCUT2D eigenvalue weighted by Gasteiger charge is -2.00. The monoisotopic (exact) mass is 314 g/mol. The Kier molecular flexibility index (Phi) is 6.35. The molecule has 0 spiro atoms. The van der Waals surface area contributed by atoms with Crippen molar-refractivity contribution in [3.05, 3.63) is 10.4 Å². The van der Waals surface area contributed by atoms with Crippen molar-refractivity contribution < 1.29 is 19.1 Å². The first kappa shape index (κ1) is 16.3. The molecule has 108 valence electrons. The van der Waals surface area contributed by atoms with Gasteiger partial charge in [0.15, 0.2) is 0 Å². The number of rotatable bonds is 6. The van der Waals surface area contributed by atoms with Crippen molar-refractivity contribution >= 4 is 40.7 Å². The number of nitrogens with zero attached hydrogens (tertiary/aromatic N) is 1. The second-order valence-corrected chi connectivity index (χ2v) is 5.70. The molecular weight excluding hydrogens is 300 g/mol. The van der Waals surface area contributed by atoms with E-state index in [1.807, 2.05) is 6.07 Å². The van der Waals surface area contributed by atoms with E-state index >= 15 is 0 Å². The summed E-state index contributed by atoms with van der Waals surface area (Å²) in [6.07, 6.45) is 0. The molecule has 2 N–H and O–H groups in total. The van der Waals surface area contributed by atoms with Crippen LogP contribution in [0.3, 0.4) is 0 Å². The van der Waals surface area contributed by atoms with Gasteiger partial charge in [-0.25, -0.2) is 4.79 Å². The summed E-state index contributed by atoms with van der Waals surface area (Å²) in [7, 11) is 0. The Morgan fingerprint density at radius 3 is 2.55 bits per heavy atom. The fourth-order valence-corrected chi connectivity index (χ4v) is 3.40. The van der Waals surface area contributed by atoms with Crippen LogP contribution >= 0.6 is 23.1 Å². The molecule has 0 aromatic carbocycles. The van der Waals surface area contributed by atoms with Crippen LogP contribution in [0.5, 0.6) is 0 Å². The van der Waals surface area contributed by atoms with E-state index in [0.29, 0.717) is 10.8 Å². The minimum atomic E-state index is -0.561. The molecule has 0 aliphatic carbocycles. The van der Waals surface area contributed by atoms with E-state index in [1.54, 1.807) is 13.8 Å². The fraction of sp³-hybridized carbons (Fsp3) is 0.417. The van der Waals surface area contributed by atoms with E-state index in [0.717, 1.165) is 23.1 Å². The smallest absolute Gasteiger partial charge is 0.350 e. The fourth-order valence-electron chi connectivity index (χ4n) is 1.31. The molecule has 1 aromatic rings. The Hall–Kier alpha value is -1.72. The molecule has 6 nitrogen and oxygen atoms in total. The second-order valence-electron chi connectivity index (χ2n) is 3.43. The zero-order chi connectivity index (χ0) is 15.1. The van der Waals surface area contributed by atoms with Crippen LogP contribution < -0.4 is 5.73 Å². The molecule has 0 saturated heterocycles. The van der Waals surface area contributed by atoms with Crippen LogP contribution in [0.15, 0.2) is 4.21 Å². The van der Waals surface area contributed by atoms with Crippen LogP contribution in [0.1, 0.15) is 29.1 Å². The van der Waals surface area contributed by atoms with Crippen LogP contribution in [0.25, 0.3) is 0 Å². The van der Waals surface area contributed by atoms with Crippen molar-refractivity contribution in [1.29, 1.82) is 5.26 Å². The average Bonchev–Trinajstić information content (AvgIpc) is 2.73. The summed E-state index contributed by atoms with van der Waals surface area (Å²) in [6.45, 7) is 3.92. The SMILES string of the molecule is CCOC(=O)CSc1sc(C(=O)OCC)c(N)c1C#N. The molecule has 0 saturated carbocycles. The first-order chi connectivity index (χ1) is 9.54. The van der Waals surface area contributed by atoms with E-state index in [-0.39, 0.29) is 34.5 Å². The summed E-state index contributed by atoms with van der Waals surface area (Å²) in [4.78, 5) is 23.2. The number of ether oxygens (including phenoxy) is 2. The van der Waals surface area contributed by atoms with Gasteiger partial charge in [-0.1, -0.05) is 0 Å². The van der Waals surface area contributed by atoms with Crippen LogP contribution in [-0.4, -0.2) is 30.9 Å². The molecule has 0 aliphatic heterocycles. The van der Waals surface area contributed by atoms with Crippen LogP contribution in [0.2, 0.25) is 0 Å². The van der Waals surface area contributed by atoms with Crippen LogP contribution in [0, 0.1) is 11.3 Å². The van der Waals surface area contributed by atoms with Gasteiger partial charge in [0.25, 0.3) is 0 Å². The normalized spacial score (nSPS) is 9.85. The Labute approximate surface area is 124 Å². The molecule has 8 heteroatoms. The third-order valence-electron chi connectivity index (χ3n) is 2.11. The van der Waals surface area contributed by atoms with Crippen molar-refractivity contribution in [3.63, 3.8) is 0 Å². The maximum absolute atomic E-state index is 11.7. The van der Waals surface area contributed by atoms with Gasteiger partial charge in [-0.2, -0.15) is 5.26 Å². The van der Waals surface area contributed by atoms with Crippen LogP contribution in [0.4, 0.5) is 5.69 Å². The molecule has 0 unspecified atom stereocenters. The Morgan fingerprint density at radius 1 is 1.35 bits per heavy atom. The number of anilines is 1. The van der Waals surface area contributed by atoms with Crippen molar-refractivity contribution in [2.24, 2.45) is 0 Å². The molecule has 1 aromatic heterocycles. The molecule has 0 bridgehead atoms. The predicted molar refractivity (Wildman–Crippen MR) is 76.8 cm³/mol. The number of thiophene rings is 1. The maximum Gasteiger partial charge on any atom is 0.350 e. The Morgan fingerprint density at radius 2 is 2.00 bits per heavy atom. The zero-order valence-corrected chi connectivity index (χ0v) is 12.7. The van der Waals surface area contributed by atoms with Gasteiger partial charge in [0.1, 0.15) is 16.5 Å². The maximum atomic E-state index is 11.7. The zero-order valence-electron chi connectivity index (χ0n) is 11.1. The van der Waals surface area contributed by atoms with E-state index in [9.17, 15) is 9.59 Å². The molecule has 0 aliphatic rings. The molecule has 0 radical (unpaired) electrons. The lowest BCUT2D eigenvalue weighted by molar-refractivity contribution is -0.139. The second kappa shape index (κ2) is 7.77. The number of nitrogens with two attached hydrogens (primary N) is 1. The van der Waals surface area contributed by atoms with Gasteiger partial charge in [-0.3, -0.25) is 4.79 Å².